The lowest BCUT2D eigenvalue weighted by Gasteiger charge is -2.40. The van der Waals surface area contributed by atoms with Crippen molar-refractivity contribution in [3.8, 4) is 0 Å². The lowest BCUT2D eigenvalue weighted by atomic mass is 9.68. The number of hydrogen-bond donors (Lipinski definition) is 1. The monoisotopic (exact) mass is 313 g/mol. The Morgan fingerprint density at radius 1 is 1.23 bits per heavy atom. The van der Waals surface area contributed by atoms with Gasteiger partial charge in [0.1, 0.15) is 6.04 Å². The Labute approximate surface area is 131 Å². The van der Waals surface area contributed by atoms with Gasteiger partial charge in [0.05, 0.1) is 13.7 Å². The van der Waals surface area contributed by atoms with Gasteiger partial charge >= 0.3 is 12.1 Å². The minimum Gasteiger partial charge on any atom is -0.463 e. The van der Waals surface area contributed by atoms with Gasteiger partial charge in [-0.3, -0.25) is 4.79 Å². The Hall–Kier alpha value is -1.59. The quantitative estimate of drug-likeness (QED) is 0.522. The van der Waals surface area contributed by atoms with Gasteiger partial charge in [0.2, 0.25) is 0 Å². The molecular weight excluding hydrogens is 286 g/mol. The van der Waals surface area contributed by atoms with Crippen molar-refractivity contribution < 1.29 is 23.9 Å². The van der Waals surface area contributed by atoms with Crippen molar-refractivity contribution in [2.24, 2.45) is 5.41 Å². The third-order valence-electron chi connectivity index (χ3n) is 4.52. The van der Waals surface area contributed by atoms with E-state index < -0.39 is 23.9 Å². The zero-order valence-electron chi connectivity index (χ0n) is 13.8. The number of carbonyl (C=O) groups excluding carboxylic acids is 3. The maximum Gasteiger partial charge on any atom is 0.407 e. The molecule has 0 spiro atoms. The normalized spacial score (nSPS) is 17.0. The molecule has 1 N–H and O–H groups in total. The van der Waals surface area contributed by atoms with E-state index in [9.17, 15) is 14.4 Å². The summed E-state index contributed by atoms with van der Waals surface area (Å²) in [5.41, 5.74) is 0.0998. The molecule has 0 radical (unpaired) electrons. The van der Waals surface area contributed by atoms with E-state index in [2.05, 4.69) is 17.0 Å². The molecule has 0 bridgehead atoms. The summed E-state index contributed by atoms with van der Waals surface area (Å²) in [5, 5.41) is 2.50. The van der Waals surface area contributed by atoms with Gasteiger partial charge in [-0.25, -0.2) is 9.59 Å². The van der Waals surface area contributed by atoms with Crippen LogP contribution in [0.15, 0.2) is 0 Å². The highest BCUT2D eigenvalue weighted by atomic mass is 16.6. The molecule has 0 aromatic carbocycles. The minimum absolute atomic E-state index is 0.0998. The largest absolute Gasteiger partial charge is 0.463 e. The molecule has 0 aromatic heterocycles. The topological polar surface area (TPSA) is 81.7 Å². The van der Waals surface area contributed by atoms with Crippen molar-refractivity contribution >= 4 is 17.8 Å². The first-order chi connectivity index (χ1) is 10.5. The Balaban J connectivity index is 2.51. The second kappa shape index (κ2) is 8.76. The van der Waals surface area contributed by atoms with Crippen molar-refractivity contribution in [1.82, 2.24) is 5.32 Å². The van der Waals surface area contributed by atoms with E-state index >= 15 is 0 Å². The van der Waals surface area contributed by atoms with Crippen molar-refractivity contribution in [3.05, 3.63) is 0 Å². The van der Waals surface area contributed by atoms with Gasteiger partial charge in [-0.05, 0) is 25.7 Å². The van der Waals surface area contributed by atoms with Crippen molar-refractivity contribution in [3.63, 3.8) is 0 Å². The molecule has 1 aliphatic carbocycles. The number of methoxy groups -OCH3 is 1. The van der Waals surface area contributed by atoms with Gasteiger partial charge in [0.15, 0.2) is 0 Å². The molecule has 0 saturated heterocycles. The lowest BCUT2D eigenvalue weighted by molar-refractivity contribution is -0.152. The van der Waals surface area contributed by atoms with Crippen LogP contribution in [0.25, 0.3) is 0 Å². The average Bonchev–Trinajstić information content (AvgIpc) is 2.49. The fourth-order valence-electron chi connectivity index (χ4n) is 2.60. The van der Waals surface area contributed by atoms with Gasteiger partial charge in [-0.15, -0.1) is 0 Å². The van der Waals surface area contributed by atoms with E-state index in [0.29, 0.717) is 13.0 Å². The zero-order chi connectivity index (χ0) is 16.6. The molecule has 1 rings (SSSR count). The molecular formula is C16H27NO5. The molecule has 1 amide bonds. The van der Waals surface area contributed by atoms with Gasteiger partial charge in [0, 0.05) is 5.41 Å². The zero-order valence-corrected chi connectivity index (χ0v) is 13.8. The second-order valence-electron chi connectivity index (χ2n) is 5.98. The van der Waals surface area contributed by atoms with E-state index in [-0.39, 0.29) is 5.41 Å². The van der Waals surface area contributed by atoms with Gasteiger partial charge in [0.25, 0.3) is 5.78 Å². The summed E-state index contributed by atoms with van der Waals surface area (Å²) < 4.78 is 9.69. The Bertz CT molecular complexity index is 398. The molecule has 6 nitrogen and oxygen atoms in total. The Morgan fingerprint density at radius 3 is 2.36 bits per heavy atom. The first-order valence-electron chi connectivity index (χ1n) is 8.03. The van der Waals surface area contributed by atoms with Crippen LogP contribution in [0.4, 0.5) is 4.79 Å². The summed E-state index contributed by atoms with van der Waals surface area (Å²) in [4.78, 5) is 35.1. The molecule has 0 unspecified atom stereocenters. The van der Waals surface area contributed by atoms with Crippen LogP contribution in [-0.2, 0) is 19.1 Å². The predicted molar refractivity (Wildman–Crippen MR) is 81.4 cm³/mol. The summed E-state index contributed by atoms with van der Waals surface area (Å²) in [6.45, 7) is 4.42. The highest BCUT2D eigenvalue weighted by molar-refractivity contribution is 6.35. The summed E-state index contributed by atoms with van der Waals surface area (Å²) >= 11 is 0. The third kappa shape index (κ3) is 5.00. The molecule has 0 heterocycles. The molecule has 22 heavy (non-hydrogen) atoms. The number of carbonyl (C=O) groups is 3. The van der Waals surface area contributed by atoms with Crippen LogP contribution in [0.2, 0.25) is 0 Å². The molecule has 1 aliphatic rings. The maximum atomic E-state index is 11.9. The van der Waals surface area contributed by atoms with E-state index in [0.717, 1.165) is 39.2 Å². The van der Waals surface area contributed by atoms with E-state index in [4.69, 9.17) is 4.74 Å². The number of hydrogen-bond acceptors (Lipinski definition) is 5. The van der Waals surface area contributed by atoms with Gasteiger partial charge in [-0.1, -0.05) is 33.1 Å². The van der Waals surface area contributed by atoms with Crippen molar-refractivity contribution in [2.45, 2.75) is 64.8 Å². The summed E-state index contributed by atoms with van der Waals surface area (Å²) in [6, 6.07) is -0.876. The predicted octanol–water partition coefficient (Wildman–Crippen LogP) is 2.59. The molecule has 0 aliphatic heterocycles. The number of nitrogens with one attached hydrogen (secondary N) is 1. The van der Waals surface area contributed by atoms with Crippen LogP contribution < -0.4 is 5.32 Å². The molecule has 1 fully saturated rings. The molecule has 6 heteroatoms. The first kappa shape index (κ1) is 18.5. The Kier molecular flexibility index (Phi) is 7.35. The number of esters is 1. The van der Waals surface area contributed by atoms with Gasteiger partial charge < -0.3 is 14.8 Å². The fraction of sp³-hybridized carbons (Fsp3) is 0.812. The van der Waals surface area contributed by atoms with E-state index in [1.165, 1.54) is 6.42 Å². The third-order valence-corrected chi connectivity index (χ3v) is 4.52. The van der Waals surface area contributed by atoms with Gasteiger partial charge in [-0.2, -0.15) is 0 Å². The standard InChI is InChI=1S/C16H27NO5/c1-4-6-8-12(13(18)14(19)21-3)17-15(20)22-11-16(5-2)9-7-10-16/h12H,4-11H2,1-3H3,(H,17,20)/t12-/m0/s1. The number of ether oxygens (including phenoxy) is 2. The average molecular weight is 313 g/mol. The summed E-state index contributed by atoms with van der Waals surface area (Å²) in [6.07, 6.45) is 5.62. The van der Waals surface area contributed by atoms with Crippen LogP contribution in [-0.4, -0.2) is 37.6 Å². The maximum absolute atomic E-state index is 11.9. The van der Waals surface area contributed by atoms with E-state index in [1.54, 1.807) is 0 Å². The van der Waals surface area contributed by atoms with Crippen LogP contribution >= 0.6 is 0 Å². The van der Waals surface area contributed by atoms with E-state index in [1.807, 2.05) is 6.92 Å². The summed E-state index contributed by atoms with van der Waals surface area (Å²) in [5.74, 6) is -1.67. The molecule has 0 aromatic rings. The Morgan fingerprint density at radius 2 is 1.91 bits per heavy atom. The lowest BCUT2D eigenvalue weighted by Crippen LogP contribution is -2.45. The number of alkyl carbamates (subject to hydrolysis) is 1. The smallest absolute Gasteiger partial charge is 0.407 e. The van der Waals surface area contributed by atoms with Crippen LogP contribution in [0, 0.1) is 5.41 Å². The molecule has 1 atom stereocenters. The number of Topliss-reactive ketones (excluding diaryl/α,β-unsaturated/α-hetero) is 1. The van der Waals surface area contributed by atoms with Crippen LogP contribution in [0.5, 0.6) is 0 Å². The molecule has 1 saturated carbocycles. The summed E-state index contributed by atoms with van der Waals surface area (Å²) in [7, 11) is 1.15. The highest BCUT2D eigenvalue weighted by Gasteiger charge is 2.37. The van der Waals surface area contributed by atoms with Crippen molar-refractivity contribution in [1.29, 1.82) is 0 Å². The number of ketones is 1. The first-order valence-corrected chi connectivity index (χ1v) is 8.03. The number of rotatable bonds is 9. The SMILES string of the molecule is CCCC[C@H](NC(=O)OCC1(CC)CCC1)C(=O)C(=O)OC. The van der Waals surface area contributed by atoms with Crippen LogP contribution in [0.1, 0.15) is 58.8 Å². The van der Waals surface area contributed by atoms with Crippen molar-refractivity contribution in [2.75, 3.05) is 13.7 Å². The second-order valence-corrected chi connectivity index (χ2v) is 5.98. The number of amides is 1. The fourth-order valence-corrected chi connectivity index (χ4v) is 2.60. The number of unbranched alkanes of at least 4 members (excludes halogenated alkanes) is 1. The van der Waals surface area contributed by atoms with Crippen LogP contribution in [0.3, 0.4) is 0 Å². The molecule has 126 valence electrons. The highest BCUT2D eigenvalue weighted by Crippen LogP contribution is 2.43. The minimum atomic E-state index is -0.939.